The highest BCUT2D eigenvalue weighted by Gasteiger charge is 1.92. The molecule has 0 heterocycles. The van der Waals surface area contributed by atoms with Gasteiger partial charge >= 0.3 is 0 Å². The summed E-state index contributed by atoms with van der Waals surface area (Å²) < 4.78 is 5.09. The van der Waals surface area contributed by atoms with Crippen LogP contribution in [0.3, 0.4) is 0 Å². The van der Waals surface area contributed by atoms with Crippen molar-refractivity contribution in [3.05, 3.63) is 0 Å². The van der Waals surface area contributed by atoms with Crippen molar-refractivity contribution in [2.45, 2.75) is 20.0 Å². The lowest BCUT2D eigenvalue weighted by atomic mass is 10.5. The first kappa shape index (κ1) is 8.88. The zero-order valence-corrected chi connectivity index (χ0v) is 6.55. The van der Waals surface area contributed by atoms with Crippen molar-refractivity contribution in [3.8, 4) is 0 Å². The zero-order chi connectivity index (χ0) is 7.28. The number of hydrogen-bond donors (Lipinski definition) is 0. The van der Waals surface area contributed by atoms with Crippen molar-refractivity contribution < 1.29 is 9.57 Å². The Labute approximate surface area is 56.5 Å². The Kier molecular flexibility index (Phi) is 4.67. The highest BCUT2D eigenvalue weighted by atomic mass is 16.8. The lowest BCUT2D eigenvalue weighted by molar-refractivity contribution is -0.208. The molecule has 0 aromatic heterocycles. The molecule has 0 spiro atoms. The minimum Gasteiger partial charge on any atom is -0.351 e. The van der Waals surface area contributed by atoms with Crippen molar-refractivity contribution in [2.75, 3.05) is 20.9 Å². The second-order valence-corrected chi connectivity index (χ2v) is 2.27. The molecule has 0 N–H and O–H groups in total. The van der Waals surface area contributed by atoms with E-state index in [1.165, 1.54) is 0 Å². The molecule has 0 aliphatic heterocycles. The fourth-order valence-electron chi connectivity index (χ4n) is 0.272. The van der Waals surface area contributed by atoms with E-state index in [-0.39, 0.29) is 6.10 Å². The van der Waals surface area contributed by atoms with E-state index in [1.54, 1.807) is 5.06 Å². The molecule has 0 saturated carbocycles. The summed E-state index contributed by atoms with van der Waals surface area (Å²) in [6, 6.07) is 0. The molecule has 0 aliphatic carbocycles. The summed E-state index contributed by atoms with van der Waals surface area (Å²) in [5.41, 5.74) is 0. The minimum absolute atomic E-state index is 0.241. The summed E-state index contributed by atoms with van der Waals surface area (Å²) in [6.45, 7) is 4.28. The maximum Gasteiger partial charge on any atom is 0.167 e. The molecule has 3 nitrogen and oxygen atoms in total. The molecule has 0 atom stereocenters. The van der Waals surface area contributed by atoms with Crippen LogP contribution >= 0.6 is 0 Å². The van der Waals surface area contributed by atoms with E-state index in [4.69, 9.17) is 9.57 Å². The Bertz CT molecular complexity index is 56.1. The molecular weight excluding hydrogens is 118 g/mol. The van der Waals surface area contributed by atoms with Crippen molar-refractivity contribution in [1.29, 1.82) is 0 Å². The Morgan fingerprint density at radius 1 is 1.33 bits per heavy atom. The summed E-state index contributed by atoms with van der Waals surface area (Å²) in [5.74, 6) is 0. The average Bonchev–Trinajstić information content (AvgIpc) is 1.63. The minimum atomic E-state index is 0.241. The number of ether oxygens (including phenoxy) is 1. The van der Waals surface area contributed by atoms with Gasteiger partial charge in [0, 0.05) is 14.1 Å². The van der Waals surface area contributed by atoms with E-state index in [1.807, 2.05) is 27.9 Å². The SMILES string of the molecule is CC(C)OCON(C)C. The molecule has 0 bridgehead atoms. The van der Waals surface area contributed by atoms with E-state index < -0.39 is 0 Å². The number of hydrogen-bond acceptors (Lipinski definition) is 3. The Morgan fingerprint density at radius 3 is 2.22 bits per heavy atom. The monoisotopic (exact) mass is 133 g/mol. The van der Waals surface area contributed by atoms with Gasteiger partial charge in [0.25, 0.3) is 0 Å². The lowest BCUT2D eigenvalue weighted by Crippen LogP contribution is -2.17. The molecule has 56 valence electrons. The highest BCUT2D eigenvalue weighted by molar-refractivity contribution is 4.29. The second-order valence-electron chi connectivity index (χ2n) is 2.27. The van der Waals surface area contributed by atoms with Crippen LogP contribution in [0.15, 0.2) is 0 Å². The fraction of sp³-hybridized carbons (Fsp3) is 1.00. The predicted molar refractivity (Wildman–Crippen MR) is 35.9 cm³/mol. The first-order valence-corrected chi connectivity index (χ1v) is 3.04. The first-order chi connectivity index (χ1) is 4.13. The van der Waals surface area contributed by atoms with Crippen molar-refractivity contribution in [3.63, 3.8) is 0 Å². The molecule has 0 fully saturated rings. The average molecular weight is 133 g/mol. The molecule has 3 heteroatoms. The van der Waals surface area contributed by atoms with Crippen LogP contribution in [-0.2, 0) is 9.57 Å². The van der Waals surface area contributed by atoms with Gasteiger partial charge in [0.2, 0.25) is 0 Å². The van der Waals surface area contributed by atoms with Crippen LogP contribution in [0.25, 0.3) is 0 Å². The van der Waals surface area contributed by atoms with Crippen LogP contribution < -0.4 is 0 Å². The van der Waals surface area contributed by atoms with Gasteiger partial charge in [-0.05, 0) is 13.8 Å². The first-order valence-electron chi connectivity index (χ1n) is 3.04. The van der Waals surface area contributed by atoms with Crippen LogP contribution in [0, 0.1) is 0 Å². The molecule has 0 aliphatic rings. The molecule has 0 rings (SSSR count). The van der Waals surface area contributed by atoms with Crippen molar-refractivity contribution in [2.24, 2.45) is 0 Å². The summed E-state index contributed by atoms with van der Waals surface area (Å²) in [6.07, 6.45) is 0.241. The summed E-state index contributed by atoms with van der Waals surface area (Å²) in [7, 11) is 3.65. The van der Waals surface area contributed by atoms with Gasteiger partial charge < -0.3 is 4.74 Å². The van der Waals surface area contributed by atoms with Gasteiger partial charge in [0.1, 0.15) is 0 Å². The Morgan fingerprint density at radius 2 is 1.89 bits per heavy atom. The van der Waals surface area contributed by atoms with Crippen LogP contribution in [0.2, 0.25) is 0 Å². The molecular formula is C6H15NO2. The molecule has 0 amide bonds. The van der Waals surface area contributed by atoms with Crippen LogP contribution in [0.1, 0.15) is 13.8 Å². The lowest BCUT2D eigenvalue weighted by Gasteiger charge is -2.11. The Hall–Kier alpha value is -0.120. The summed E-state index contributed by atoms with van der Waals surface area (Å²) in [5, 5.41) is 1.61. The molecule has 0 aromatic rings. The standard InChI is InChI=1S/C6H15NO2/c1-6(2)8-5-9-7(3)4/h6H,5H2,1-4H3. The van der Waals surface area contributed by atoms with Gasteiger partial charge in [-0.25, -0.2) is 0 Å². The summed E-state index contributed by atoms with van der Waals surface area (Å²) >= 11 is 0. The zero-order valence-electron chi connectivity index (χ0n) is 6.55. The number of nitrogens with zero attached hydrogens (tertiary/aromatic N) is 1. The number of rotatable bonds is 4. The molecule has 0 aromatic carbocycles. The van der Waals surface area contributed by atoms with Gasteiger partial charge in [-0.2, -0.15) is 5.06 Å². The van der Waals surface area contributed by atoms with Crippen LogP contribution in [0.5, 0.6) is 0 Å². The van der Waals surface area contributed by atoms with E-state index in [9.17, 15) is 0 Å². The van der Waals surface area contributed by atoms with E-state index in [0.717, 1.165) is 0 Å². The molecule has 0 radical (unpaired) electrons. The third kappa shape index (κ3) is 7.88. The van der Waals surface area contributed by atoms with E-state index >= 15 is 0 Å². The molecule has 0 unspecified atom stereocenters. The largest absolute Gasteiger partial charge is 0.351 e. The highest BCUT2D eigenvalue weighted by Crippen LogP contribution is 1.87. The van der Waals surface area contributed by atoms with E-state index in [2.05, 4.69) is 0 Å². The normalized spacial score (nSPS) is 11.3. The van der Waals surface area contributed by atoms with Crippen LogP contribution in [-0.4, -0.2) is 32.1 Å². The Balaban J connectivity index is 2.91. The van der Waals surface area contributed by atoms with E-state index in [0.29, 0.717) is 6.79 Å². The predicted octanol–water partition coefficient (Wildman–Crippen LogP) is 0.862. The van der Waals surface area contributed by atoms with Gasteiger partial charge in [-0.1, -0.05) is 0 Å². The van der Waals surface area contributed by atoms with Crippen molar-refractivity contribution >= 4 is 0 Å². The molecule has 0 saturated heterocycles. The third-order valence-corrected chi connectivity index (χ3v) is 0.712. The van der Waals surface area contributed by atoms with Gasteiger partial charge in [0.15, 0.2) is 6.79 Å². The van der Waals surface area contributed by atoms with Gasteiger partial charge in [0.05, 0.1) is 6.10 Å². The topological polar surface area (TPSA) is 21.7 Å². The maximum absolute atomic E-state index is 5.09. The van der Waals surface area contributed by atoms with Gasteiger partial charge in [-0.15, -0.1) is 0 Å². The number of hydroxylamine groups is 2. The van der Waals surface area contributed by atoms with Crippen molar-refractivity contribution in [1.82, 2.24) is 5.06 Å². The fourth-order valence-corrected chi connectivity index (χ4v) is 0.272. The summed E-state index contributed by atoms with van der Waals surface area (Å²) in [4.78, 5) is 4.96. The molecule has 9 heavy (non-hydrogen) atoms. The van der Waals surface area contributed by atoms with Gasteiger partial charge in [-0.3, -0.25) is 4.84 Å². The smallest absolute Gasteiger partial charge is 0.167 e. The van der Waals surface area contributed by atoms with Crippen LogP contribution in [0.4, 0.5) is 0 Å². The third-order valence-electron chi connectivity index (χ3n) is 0.712. The quantitative estimate of drug-likeness (QED) is 0.419. The maximum atomic E-state index is 5.09. The second kappa shape index (κ2) is 4.73.